The lowest BCUT2D eigenvalue weighted by atomic mass is 10.1. The van der Waals surface area contributed by atoms with Crippen molar-refractivity contribution in [1.29, 1.82) is 0 Å². The zero-order chi connectivity index (χ0) is 19.1. The molecule has 7 heteroatoms. The van der Waals surface area contributed by atoms with Crippen LogP contribution in [0.15, 0.2) is 18.2 Å². The summed E-state index contributed by atoms with van der Waals surface area (Å²) in [5, 5.41) is 3.23. The Balaban J connectivity index is 1.68. The van der Waals surface area contributed by atoms with Gasteiger partial charge in [0.15, 0.2) is 0 Å². The number of rotatable bonds is 10. The summed E-state index contributed by atoms with van der Waals surface area (Å²) in [6.45, 7) is 3.73. The molecule has 27 heavy (non-hydrogen) atoms. The Bertz CT molecular complexity index is 614. The van der Waals surface area contributed by atoms with Gasteiger partial charge in [-0.3, -0.25) is 4.79 Å². The van der Waals surface area contributed by atoms with Crippen LogP contribution < -0.4 is 14.8 Å². The molecule has 1 atom stereocenters. The fourth-order valence-corrected chi connectivity index (χ4v) is 3.20. The standard InChI is InChI=1S/C20H30N2O5/c1-24-7-3-8-26-18-11-15(10-17(12-18)25-2)14-22(16-4-5-16)20(23)19-13-21-6-9-27-19/h10-12,16,19,21H,3-9,13-14H2,1-2H3/t19-/m1/s1. The third kappa shape index (κ3) is 5.82. The van der Waals surface area contributed by atoms with Crippen molar-refractivity contribution in [2.45, 2.75) is 38.0 Å². The lowest BCUT2D eigenvalue weighted by Crippen LogP contribution is -2.49. The van der Waals surface area contributed by atoms with Crippen LogP contribution in [0.4, 0.5) is 0 Å². The highest BCUT2D eigenvalue weighted by molar-refractivity contribution is 5.82. The van der Waals surface area contributed by atoms with Gasteiger partial charge < -0.3 is 29.2 Å². The molecule has 1 amide bonds. The molecular weight excluding hydrogens is 348 g/mol. The van der Waals surface area contributed by atoms with Crippen LogP contribution >= 0.6 is 0 Å². The second-order valence-electron chi connectivity index (χ2n) is 6.97. The Kier molecular flexibility index (Phi) is 7.32. The second kappa shape index (κ2) is 9.92. The number of carbonyl (C=O) groups is 1. The highest BCUT2D eigenvalue weighted by atomic mass is 16.5. The number of methoxy groups -OCH3 is 2. The zero-order valence-corrected chi connectivity index (χ0v) is 16.2. The number of nitrogens with one attached hydrogen (secondary N) is 1. The van der Waals surface area contributed by atoms with E-state index in [0.29, 0.717) is 39.0 Å². The Morgan fingerprint density at radius 3 is 2.70 bits per heavy atom. The fraction of sp³-hybridized carbons (Fsp3) is 0.650. The summed E-state index contributed by atoms with van der Waals surface area (Å²) in [7, 11) is 3.32. The van der Waals surface area contributed by atoms with E-state index in [0.717, 1.165) is 42.9 Å². The highest BCUT2D eigenvalue weighted by Gasteiger charge is 2.36. The molecule has 0 bridgehead atoms. The largest absolute Gasteiger partial charge is 0.497 e. The van der Waals surface area contributed by atoms with Crippen LogP contribution in [-0.4, -0.2) is 70.1 Å². The van der Waals surface area contributed by atoms with Crippen molar-refractivity contribution in [3.05, 3.63) is 23.8 Å². The predicted octanol–water partition coefficient (Wildman–Crippen LogP) is 1.59. The number of morpholine rings is 1. The molecule has 3 rings (SSSR count). The Morgan fingerprint density at radius 2 is 2.04 bits per heavy atom. The Hall–Kier alpha value is -1.83. The molecule has 2 fully saturated rings. The molecular formula is C20H30N2O5. The second-order valence-corrected chi connectivity index (χ2v) is 6.97. The van der Waals surface area contributed by atoms with Crippen LogP contribution in [0.2, 0.25) is 0 Å². The third-order valence-corrected chi connectivity index (χ3v) is 4.76. The normalized spacial score (nSPS) is 19.6. The van der Waals surface area contributed by atoms with E-state index >= 15 is 0 Å². The average molecular weight is 378 g/mol. The van der Waals surface area contributed by atoms with Crippen molar-refractivity contribution >= 4 is 5.91 Å². The molecule has 0 unspecified atom stereocenters. The first-order chi connectivity index (χ1) is 13.2. The molecule has 150 valence electrons. The topological polar surface area (TPSA) is 69.3 Å². The van der Waals surface area contributed by atoms with Gasteiger partial charge in [-0.1, -0.05) is 0 Å². The molecule has 7 nitrogen and oxygen atoms in total. The maximum absolute atomic E-state index is 13.0. The summed E-state index contributed by atoms with van der Waals surface area (Å²) >= 11 is 0. The van der Waals surface area contributed by atoms with Crippen LogP contribution in [0, 0.1) is 0 Å². The van der Waals surface area contributed by atoms with E-state index in [1.807, 2.05) is 23.1 Å². The first-order valence-corrected chi connectivity index (χ1v) is 9.63. The van der Waals surface area contributed by atoms with Gasteiger partial charge in [-0.2, -0.15) is 0 Å². The minimum absolute atomic E-state index is 0.0649. The molecule has 1 heterocycles. The molecule has 1 aromatic carbocycles. The number of nitrogens with zero attached hydrogens (tertiary/aromatic N) is 1. The molecule has 1 aliphatic carbocycles. The Labute approximate surface area is 160 Å². The van der Waals surface area contributed by atoms with E-state index in [1.165, 1.54) is 0 Å². The number of carbonyl (C=O) groups excluding carboxylic acids is 1. The van der Waals surface area contributed by atoms with Crippen molar-refractivity contribution in [3.8, 4) is 11.5 Å². The summed E-state index contributed by atoms with van der Waals surface area (Å²) in [5.74, 6) is 1.54. The summed E-state index contributed by atoms with van der Waals surface area (Å²) < 4.78 is 22.0. The molecule has 1 aromatic rings. The molecule has 0 aromatic heterocycles. The van der Waals surface area contributed by atoms with E-state index in [2.05, 4.69) is 5.32 Å². The van der Waals surface area contributed by atoms with Crippen LogP contribution in [0.1, 0.15) is 24.8 Å². The van der Waals surface area contributed by atoms with Gasteiger partial charge in [0.2, 0.25) is 0 Å². The number of ether oxygens (including phenoxy) is 4. The van der Waals surface area contributed by atoms with Crippen LogP contribution in [-0.2, 0) is 20.8 Å². The third-order valence-electron chi connectivity index (χ3n) is 4.76. The SMILES string of the molecule is COCCCOc1cc(CN(C(=O)[C@H]2CNCCO2)C2CC2)cc(OC)c1. The maximum Gasteiger partial charge on any atom is 0.253 e. The summed E-state index contributed by atoms with van der Waals surface area (Å²) in [4.78, 5) is 14.9. The number of benzene rings is 1. The summed E-state index contributed by atoms with van der Waals surface area (Å²) in [6, 6.07) is 6.12. The van der Waals surface area contributed by atoms with Gasteiger partial charge in [0.05, 0.1) is 20.3 Å². The number of hydrogen-bond acceptors (Lipinski definition) is 6. The minimum atomic E-state index is -0.394. The zero-order valence-electron chi connectivity index (χ0n) is 16.2. The molecule has 1 aliphatic heterocycles. The van der Waals surface area contributed by atoms with Crippen LogP contribution in [0.5, 0.6) is 11.5 Å². The van der Waals surface area contributed by atoms with Gasteiger partial charge in [-0.25, -0.2) is 0 Å². The van der Waals surface area contributed by atoms with E-state index in [4.69, 9.17) is 18.9 Å². The van der Waals surface area contributed by atoms with Gasteiger partial charge in [-0.05, 0) is 30.5 Å². The van der Waals surface area contributed by atoms with Crippen LogP contribution in [0.3, 0.4) is 0 Å². The summed E-state index contributed by atoms with van der Waals surface area (Å²) in [5.41, 5.74) is 1.00. The van der Waals surface area contributed by atoms with Gasteiger partial charge in [0.25, 0.3) is 5.91 Å². The van der Waals surface area contributed by atoms with E-state index in [-0.39, 0.29) is 5.91 Å². The van der Waals surface area contributed by atoms with Crippen molar-refractivity contribution in [3.63, 3.8) is 0 Å². The van der Waals surface area contributed by atoms with E-state index in [1.54, 1.807) is 14.2 Å². The molecule has 1 saturated carbocycles. The summed E-state index contributed by atoms with van der Waals surface area (Å²) in [6.07, 6.45) is 2.53. The Morgan fingerprint density at radius 1 is 1.22 bits per heavy atom. The van der Waals surface area contributed by atoms with Gasteiger partial charge in [-0.15, -0.1) is 0 Å². The lowest BCUT2D eigenvalue weighted by molar-refractivity contribution is -0.146. The van der Waals surface area contributed by atoms with Crippen molar-refractivity contribution in [2.24, 2.45) is 0 Å². The molecule has 0 radical (unpaired) electrons. The van der Waals surface area contributed by atoms with Crippen molar-refractivity contribution in [2.75, 3.05) is 47.1 Å². The smallest absolute Gasteiger partial charge is 0.253 e. The fourth-order valence-electron chi connectivity index (χ4n) is 3.20. The highest BCUT2D eigenvalue weighted by Crippen LogP contribution is 2.31. The maximum atomic E-state index is 13.0. The van der Waals surface area contributed by atoms with E-state index in [9.17, 15) is 4.79 Å². The quantitative estimate of drug-likeness (QED) is 0.624. The van der Waals surface area contributed by atoms with Crippen molar-refractivity contribution < 1.29 is 23.7 Å². The first-order valence-electron chi connectivity index (χ1n) is 9.63. The monoisotopic (exact) mass is 378 g/mol. The minimum Gasteiger partial charge on any atom is -0.497 e. The molecule has 1 saturated heterocycles. The lowest BCUT2D eigenvalue weighted by Gasteiger charge is -2.30. The average Bonchev–Trinajstić information content (AvgIpc) is 3.54. The molecule has 2 aliphatic rings. The molecule has 0 spiro atoms. The van der Waals surface area contributed by atoms with Gasteiger partial charge in [0.1, 0.15) is 17.6 Å². The predicted molar refractivity (Wildman–Crippen MR) is 101 cm³/mol. The van der Waals surface area contributed by atoms with E-state index < -0.39 is 6.10 Å². The molecule has 1 N–H and O–H groups in total. The van der Waals surface area contributed by atoms with Gasteiger partial charge >= 0.3 is 0 Å². The number of amides is 1. The number of hydrogen-bond donors (Lipinski definition) is 1. The van der Waals surface area contributed by atoms with Crippen LogP contribution in [0.25, 0.3) is 0 Å². The van der Waals surface area contributed by atoms with Gasteiger partial charge in [0, 0.05) is 51.9 Å². The first kappa shape index (κ1) is 19.9. The van der Waals surface area contributed by atoms with Crippen molar-refractivity contribution in [1.82, 2.24) is 10.2 Å².